The molecular weight excluding hydrogens is 182 g/mol. The molecule has 3 nitrogen and oxygen atoms in total. The molecule has 1 aromatic heterocycles. The van der Waals surface area contributed by atoms with Crippen molar-refractivity contribution in [1.29, 1.82) is 0 Å². The summed E-state index contributed by atoms with van der Waals surface area (Å²) in [6.45, 7) is 6.23. The predicted molar refractivity (Wildman–Crippen MR) is 56.7 cm³/mol. The predicted octanol–water partition coefficient (Wildman–Crippen LogP) is 2.12. The van der Waals surface area contributed by atoms with Gasteiger partial charge in [-0.25, -0.2) is 9.97 Å². The highest BCUT2D eigenvalue weighted by atomic mass is 32.2. The highest BCUT2D eigenvalue weighted by Crippen LogP contribution is 2.19. The van der Waals surface area contributed by atoms with Gasteiger partial charge in [-0.15, -0.1) is 11.8 Å². The number of aromatic nitrogens is 2. The lowest BCUT2D eigenvalue weighted by Crippen LogP contribution is -1.98. The molecule has 0 saturated carbocycles. The molecule has 0 aliphatic rings. The van der Waals surface area contributed by atoms with Gasteiger partial charge in [0.05, 0.1) is 0 Å². The summed E-state index contributed by atoms with van der Waals surface area (Å²) in [7, 11) is 0. The van der Waals surface area contributed by atoms with E-state index in [4.69, 9.17) is 5.73 Å². The van der Waals surface area contributed by atoms with Crippen LogP contribution in [0.1, 0.15) is 19.7 Å². The largest absolute Gasteiger partial charge is 0.384 e. The second kappa shape index (κ2) is 4.46. The number of rotatable bonds is 3. The quantitative estimate of drug-likeness (QED) is 0.595. The smallest absolute Gasteiger partial charge is 0.128 e. The fraction of sp³-hybridized carbons (Fsp3) is 0.556. The highest BCUT2D eigenvalue weighted by molar-refractivity contribution is 7.99. The van der Waals surface area contributed by atoms with E-state index in [1.165, 1.54) is 0 Å². The van der Waals surface area contributed by atoms with Gasteiger partial charge in [0, 0.05) is 11.8 Å². The Bertz CT molecular complexity index is 266. The molecule has 2 N–H and O–H groups in total. The maximum atomic E-state index is 5.60. The van der Waals surface area contributed by atoms with E-state index >= 15 is 0 Å². The number of aryl methyl sites for hydroxylation is 1. The molecule has 1 heterocycles. The average Bonchev–Trinajstić information content (AvgIpc) is 1.99. The molecule has 0 unspecified atom stereocenters. The molecule has 0 spiro atoms. The summed E-state index contributed by atoms with van der Waals surface area (Å²) >= 11 is 1.73. The van der Waals surface area contributed by atoms with Crippen LogP contribution in [0.2, 0.25) is 0 Å². The zero-order valence-electron chi connectivity index (χ0n) is 8.24. The summed E-state index contributed by atoms with van der Waals surface area (Å²) in [4.78, 5) is 8.29. The van der Waals surface area contributed by atoms with Gasteiger partial charge < -0.3 is 5.73 Å². The maximum Gasteiger partial charge on any atom is 0.128 e. The lowest BCUT2D eigenvalue weighted by Gasteiger charge is -2.04. The molecule has 1 aromatic rings. The van der Waals surface area contributed by atoms with Crippen molar-refractivity contribution in [1.82, 2.24) is 9.97 Å². The number of thioether (sulfide) groups is 1. The van der Waals surface area contributed by atoms with Crippen LogP contribution in [-0.2, 0) is 0 Å². The van der Waals surface area contributed by atoms with Crippen molar-refractivity contribution in [2.24, 2.45) is 5.92 Å². The van der Waals surface area contributed by atoms with Gasteiger partial charge in [-0.05, 0) is 12.8 Å². The van der Waals surface area contributed by atoms with Crippen LogP contribution in [0.25, 0.3) is 0 Å². The van der Waals surface area contributed by atoms with Crippen molar-refractivity contribution in [2.75, 3.05) is 11.5 Å². The monoisotopic (exact) mass is 197 g/mol. The molecule has 0 aromatic carbocycles. The van der Waals surface area contributed by atoms with Crippen molar-refractivity contribution in [3.05, 3.63) is 11.9 Å². The highest BCUT2D eigenvalue weighted by Gasteiger charge is 2.01. The molecule has 13 heavy (non-hydrogen) atoms. The van der Waals surface area contributed by atoms with E-state index in [2.05, 4.69) is 23.8 Å². The number of anilines is 1. The third-order valence-corrected chi connectivity index (χ3v) is 2.74. The lowest BCUT2D eigenvalue weighted by atomic mass is 10.3. The normalized spacial score (nSPS) is 10.8. The molecule has 0 fully saturated rings. The molecule has 0 amide bonds. The van der Waals surface area contributed by atoms with Crippen LogP contribution < -0.4 is 5.73 Å². The minimum Gasteiger partial charge on any atom is -0.384 e. The first-order valence-corrected chi connectivity index (χ1v) is 5.30. The Morgan fingerprint density at radius 1 is 1.46 bits per heavy atom. The first kappa shape index (κ1) is 10.3. The summed E-state index contributed by atoms with van der Waals surface area (Å²) < 4.78 is 0. The van der Waals surface area contributed by atoms with Gasteiger partial charge in [0.25, 0.3) is 0 Å². The Kier molecular flexibility index (Phi) is 3.54. The van der Waals surface area contributed by atoms with Crippen LogP contribution in [0.4, 0.5) is 5.82 Å². The molecule has 0 atom stereocenters. The Balaban J connectivity index is 2.66. The van der Waals surface area contributed by atoms with Crippen LogP contribution in [-0.4, -0.2) is 15.7 Å². The molecule has 0 bridgehead atoms. The minimum absolute atomic E-state index is 0.554. The van der Waals surface area contributed by atoms with Crippen LogP contribution in [0, 0.1) is 12.8 Å². The Hall–Kier alpha value is -0.770. The molecule has 0 saturated heterocycles. The maximum absolute atomic E-state index is 5.60. The lowest BCUT2D eigenvalue weighted by molar-refractivity contribution is 0.749. The number of hydrogen-bond acceptors (Lipinski definition) is 4. The zero-order chi connectivity index (χ0) is 9.84. The topological polar surface area (TPSA) is 51.8 Å². The van der Waals surface area contributed by atoms with Gasteiger partial charge >= 0.3 is 0 Å². The third kappa shape index (κ3) is 3.63. The first-order chi connectivity index (χ1) is 6.08. The van der Waals surface area contributed by atoms with Crippen molar-refractivity contribution in [2.45, 2.75) is 25.8 Å². The molecule has 1 rings (SSSR count). The zero-order valence-corrected chi connectivity index (χ0v) is 9.06. The third-order valence-electron chi connectivity index (χ3n) is 1.40. The summed E-state index contributed by atoms with van der Waals surface area (Å²) in [5, 5.41) is 0.971. The van der Waals surface area contributed by atoms with Gasteiger partial charge in [-0.3, -0.25) is 0 Å². The number of hydrogen-bond donors (Lipinski definition) is 1. The van der Waals surface area contributed by atoms with Crippen LogP contribution >= 0.6 is 11.8 Å². The van der Waals surface area contributed by atoms with E-state index in [0.717, 1.165) is 16.6 Å². The van der Waals surface area contributed by atoms with Crippen LogP contribution in [0.5, 0.6) is 0 Å². The molecule has 72 valence electrons. The second-order valence-electron chi connectivity index (χ2n) is 3.38. The van der Waals surface area contributed by atoms with Crippen LogP contribution in [0.15, 0.2) is 11.1 Å². The van der Waals surface area contributed by atoms with Crippen molar-refractivity contribution < 1.29 is 0 Å². The molecule has 0 aliphatic heterocycles. The summed E-state index contributed by atoms with van der Waals surface area (Å²) in [6.07, 6.45) is 0. The summed E-state index contributed by atoms with van der Waals surface area (Å²) in [5.41, 5.74) is 5.60. The van der Waals surface area contributed by atoms with Gasteiger partial charge in [0.1, 0.15) is 16.7 Å². The molecular formula is C9H15N3S. The second-order valence-corrected chi connectivity index (χ2v) is 4.42. The van der Waals surface area contributed by atoms with Crippen LogP contribution in [0.3, 0.4) is 0 Å². The minimum atomic E-state index is 0.554. The van der Waals surface area contributed by atoms with E-state index in [1.807, 2.05) is 13.0 Å². The van der Waals surface area contributed by atoms with Crippen molar-refractivity contribution in [3.8, 4) is 0 Å². The Morgan fingerprint density at radius 3 is 2.69 bits per heavy atom. The van der Waals surface area contributed by atoms with Gasteiger partial charge in [-0.2, -0.15) is 0 Å². The van der Waals surface area contributed by atoms with Gasteiger partial charge in [0.2, 0.25) is 0 Å². The first-order valence-electron chi connectivity index (χ1n) is 4.32. The fourth-order valence-corrected chi connectivity index (χ4v) is 1.79. The van der Waals surface area contributed by atoms with E-state index in [9.17, 15) is 0 Å². The van der Waals surface area contributed by atoms with E-state index in [-0.39, 0.29) is 0 Å². The molecule has 4 heteroatoms. The van der Waals surface area contributed by atoms with Crippen molar-refractivity contribution >= 4 is 17.6 Å². The summed E-state index contributed by atoms with van der Waals surface area (Å²) in [5.74, 6) is 3.03. The fourth-order valence-electron chi connectivity index (χ4n) is 0.888. The van der Waals surface area contributed by atoms with E-state index < -0.39 is 0 Å². The van der Waals surface area contributed by atoms with Gasteiger partial charge in [-0.1, -0.05) is 13.8 Å². The standard InChI is InChI=1S/C9H15N3S/c1-6(2)5-13-9-4-8(10)11-7(3)12-9/h4,6H,5H2,1-3H3,(H2,10,11,12). The Labute approximate surface area is 83.2 Å². The molecule has 0 aliphatic carbocycles. The van der Waals surface area contributed by atoms with E-state index in [1.54, 1.807) is 11.8 Å². The number of nitrogens with two attached hydrogens (primary N) is 1. The summed E-state index contributed by atoms with van der Waals surface area (Å²) in [6, 6.07) is 1.82. The average molecular weight is 197 g/mol. The van der Waals surface area contributed by atoms with Gasteiger partial charge in [0.15, 0.2) is 0 Å². The Morgan fingerprint density at radius 2 is 2.15 bits per heavy atom. The van der Waals surface area contributed by atoms with Crippen molar-refractivity contribution in [3.63, 3.8) is 0 Å². The van der Waals surface area contributed by atoms with E-state index in [0.29, 0.717) is 11.7 Å². The SMILES string of the molecule is Cc1nc(N)cc(SCC(C)C)n1. The number of nitrogen functional groups attached to an aromatic ring is 1. The number of nitrogens with zero attached hydrogens (tertiary/aromatic N) is 2. The molecule has 0 radical (unpaired) electrons.